The Bertz CT molecular complexity index is 565. The Balaban J connectivity index is 1.93. The summed E-state index contributed by atoms with van der Waals surface area (Å²) in [5.41, 5.74) is 3.44. The number of nitrogen functional groups attached to an aromatic ring is 1. The predicted octanol–water partition coefficient (Wildman–Crippen LogP) is 0.0732. The Morgan fingerprint density at radius 3 is 3.00 bits per heavy atom. The fourth-order valence-electron chi connectivity index (χ4n) is 1.72. The van der Waals surface area contributed by atoms with Crippen LogP contribution in [0.15, 0.2) is 30.9 Å². The Morgan fingerprint density at radius 1 is 1.47 bits per heavy atom. The van der Waals surface area contributed by atoms with Gasteiger partial charge >= 0.3 is 0 Å². The van der Waals surface area contributed by atoms with E-state index in [-0.39, 0.29) is 5.91 Å². The minimum Gasteiger partial charge on any atom is -0.351 e. The summed E-state index contributed by atoms with van der Waals surface area (Å²) in [5.74, 6) is 6.05. The number of nitrogens with zero attached hydrogens (tertiary/aromatic N) is 3. The van der Waals surface area contributed by atoms with Crippen molar-refractivity contribution in [1.82, 2.24) is 19.9 Å². The lowest BCUT2D eigenvalue weighted by molar-refractivity contribution is 0.0954. The maximum absolute atomic E-state index is 12.0. The van der Waals surface area contributed by atoms with Gasteiger partial charge in [0.25, 0.3) is 5.91 Å². The zero-order chi connectivity index (χ0) is 13.7. The second-order valence-corrected chi connectivity index (χ2v) is 4.03. The monoisotopic (exact) mass is 260 g/mol. The molecule has 2 heterocycles. The van der Waals surface area contributed by atoms with Crippen LogP contribution >= 0.6 is 0 Å². The molecule has 7 heteroatoms. The molecule has 0 radical (unpaired) electrons. The molecule has 0 aromatic carbocycles. The number of pyridine rings is 1. The number of nitrogens with one attached hydrogen (secondary N) is 2. The maximum Gasteiger partial charge on any atom is 0.255 e. The summed E-state index contributed by atoms with van der Waals surface area (Å²) in [4.78, 5) is 20.1. The molecule has 7 nitrogen and oxygen atoms in total. The average Bonchev–Trinajstić information content (AvgIpc) is 2.84. The number of imidazole rings is 1. The van der Waals surface area contributed by atoms with Gasteiger partial charge in [-0.05, 0) is 6.07 Å². The van der Waals surface area contributed by atoms with Gasteiger partial charge in [-0.15, -0.1) is 0 Å². The van der Waals surface area contributed by atoms with Crippen molar-refractivity contribution >= 4 is 11.6 Å². The quantitative estimate of drug-likeness (QED) is 0.522. The van der Waals surface area contributed by atoms with Gasteiger partial charge < -0.3 is 15.3 Å². The normalized spacial score (nSPS) is 10.2. The summed E-state index contributed by atoms with van der Waals surface area (Å²) in [7, 11) is 1.92. The number of hydrogen-bond acceptors (Lipinski definition) is 5. The molecule has 0 aliphatic carbocycles. The third-order valence-electron chi connectivity index (χ3n) is 2.78. The van der Waals surface area contributed by atoms with E-state index in [9.17, 15) is 4.79 Å². The van der Waals surface area contributed by atoms with Gasteiger partial charge in [0.05, 0.1) is 11.3 Å². The summed E-state index contributed by atoms with van der Waals surface area (Å²) in [6, 6.07) is 1.65. The molecule has 0 saturated heterocycles. The second-order valence-electron chi connectivity index (χ2n) is 4.03. The van der Waals surface area contributed by atoms with E-state index in [0.717, 1.165) is 5.82 Å². The van der Waals surface area contributed by atoms with Crippen LogP contribution in [0, 0.1) is 0 Å². The maximum atomic E-state index is 12.0. The van der Waals surface area contributed by atoms with E-state index in [1.807, 2.05) is 17.8 Å². The van der Waals surface area contributed by atoms with Crippen LogP contribution in [-0.2, 0) is 13.5 Å². The van der Waals surface area contributed by atoms with Gasteiger partial charge in [-0.3, -0.25) is 15.6 Å². The van der Waals surface area contributed by atoms with Gasteiger partial charge in [0.1, 0.15) is 5.82 Å². The first-order chi connectivity index (χ1) is 9.22. The van der Waals surface area contributed by atoms with E-state index in [1.165, 1.54) is 6.20 Å². The first-order valence-corrected chi connectivity index (χ1v) is 5.87. The highest BCUT2D eigenvalue weighted by atomic mass is 16.1. The molecule has 2 aromatic rings. The van der Waals surface area contributed by atoms with E-state index in [4.69, 9.17) is 5.84 Å². The Morgan fingerprint density at radius 2 is 2.32 bits per heavy atom. The minimum atomic E-state index is -0.213. The van der Waals surface area contributed by atoms with Crippen LogP contribution in [0.2, 0.25) is 0 Å². The molecule has 0 aliphatic rings. The number of nitrogens with two attached hydrogens (primary N) is 1. The van der Waals surface area contributed by atoms with Crippen LogP contribution in [-0.4, -0.2) is 27.0 Å². The first-order valence-electron chi connectivity index (χ1n) is 5.87. The van der Waals surface area contributed by atoms with Crippen molar-refractivity contribution in [3.8, 4) is 0 Å². The smallest absolute Gasteiger partial charge is 0.255 e. The zero-order valence-electron chi connectivity index (χ0n) is 10.6. The lowest BCUT2D eigenvalue weighted by Crippen LogP contribution is -2.27. The molecular weight excluding hydrogens is 244 g/mol. The van der Waals surface area contributed by atoms with Crippen LogP contribution in [0.25, 0.3) is 0 Å². The van der Waals surface area contributed by atoms with Crippen LogP contribution in [0.5, 0.6) is 0 Å². The molecule has 0 saturated carbocycles. The van der Waals surface area contributed by atoms with Crippen molar-refractivity contribution < 1.29 is 4.79 Å². The number of anilines is 1. The highest BCUT2D eigenvalue weighted by Crippen LogP contribution is 2.11. The van der Waals surface area contributed by atoms with Crippen LogP contribution in [0.3, 0.4) is 0 Å². The zero-order valence-corrected chi connectivity index (χ0v) is 10.6. The number of rotatable bonds is 5. The SMILES string of the molecule is Cn1ccnc1CCNC(=O)c1cnccc1NN. The van der Waals surface area contributed by atoms with Gasteiger partial charge in [0, 0.05) is 44.8 Å². The minimum absolute atomic E-state index is 0.213. The fourth-order valence-corrected chi connectivity index (χ4v) is 1.72. The van der Waals surface area contributed by atoms with Crippen molar-refractivity contribution in [3.05, 3.63) is 42.2 Å². The third kappa shape index (κ3) is 3.08. The standard InChI is InChI=1S/C12H16N6O/c1-18-7-6-15-11(18)3-5-16-12(19)9-8-14-4-2-10(9)17-13/h2,4,6-8H,3,5,13H2,1H3,(H,14,17)(H,16,19). The van der Waals surface area contributed by atoms with Crippen molar-refractivity contribution in [1.29, 1.82) is 0 Å². The van der Waals surface area contributed by atoms with Crippen molar-refractivity contribution in [2.45, 2.75) is 6.42 Å². The number of aryl methyl sites for hydroxylation is 1. The molecule has 1 amide bonds. The van der Waals surface area contributed by atoms with E-state index in [0.29, 0.717) is 24.2 Å². The van der Waals surface area contributed by atoms with Crippen molar-refractivity contribution in [3.63, 3.8) is 0 Å². The molecule has 100 valence electrons. The van der Waals surface area contributed by atoms with Gasteiger partial charge in [-0.25, -0.2) is 4.98 Å². The molecule has 0 unspecified atom stereocenters. The summed E-state index contributed by atoms with van der Waals surface area (Å²) >= 11 is 0. The molecule has 19 heavy (non-hydrogen) atoms. The van der Waals surface area contributed by atoms with Gasteiger partial charge in [-0.2, -0.15) is 0 Å². The highest BCUT2D eigenvalue weighted by Gasteiger charge is 2.10. The Labute approximate surface area is 110 Å². The summed E-state index contributed by atoms with van der Waals surface area (Å²) in [5, 5.41) is 2.81. The molecule has 0 atom stereocenters. The van der Waals surface area contributed by atoms with E-state index in [2.05, 4.69) is 20.7 Å². The average molecular weight is 260 g/mol. The topological polar surface area (TPSA) is 97.9 Å². The summed E-state index contributed by atoms with van der Waals surface area (Å²) in [6.07, 6.45) is 7.31. The fraction of sp³-hybridized carbons (Fsp3) is 0.250. The first kappa shape index (κ1) is 13.0. The van der Waals surface area contributed by atoms with E-state index < -0.39 is 0 Å². The number of carbonyl (C=O) groups is 1. The van der Waals surface area contributed by atoms with Gasteiger partial charge in [0.15, 0.2) is 0 Å². The van der Waals surface area contributed by atoms with Crippen molar-refractivity contribution in [2.24, 2.45) is 12.9 Å². The lowest BCUT2D eigenvalue weighted by Gasteiger charge is -2.08. The Hall–Kier alpha value is -2.41. The van der Waals surface area contributed by atoms with E-state index in [1.54, 1.807) is 18.5 Å². The predicted molar refractivity (Wildman–Crippen MR) is 71.3 cm³/mol. The van der Waals surface area contributed by atoms with Crippen LogP contribution < -0.4 is 16.6 Å². The third-order valence-corrected chi connectivity index (χ3v) is 2.78. The number of amides is 1. The number of hydrazine groups is 1. The molecule has 0 aliphatic heterocycles. The molecular formula is C12H16N6O. The molecule has 4 N–H and O–H groups in total. The summed E-state index contributed by atoms with van der Waals surface area (Å²) < 4.78 is 1.92. The molecule has 2 rings (SSSR count). The highest BCUT2D eigenvalue weighted by molar-refractivity contribution is 5.99. The summed E-state index contributed by atoms with van der Waals surface area (Å²) in [6.45, 7) is 0.503. The van der Waals surface area contributed by atoms with Gasteiger partial charge in [-0.1, -0.05) is 0 Å². The van der Waals surface area contributed by atoms with Crippen LogP contribution in [0.4, 0.5) is 5.69 Å². The second kappa shape index (κ2) is 5.96. The number of hydrogen-bond donors (Lipinski definition) is 3. The van der Waals surface area contributed by atoms with Crippen LogP contribution in [0.1, 0.15) is 16.2 Å². The number of aromatic nitrogens is 3. The Kier molecular flexibility index (Phi) is 4.09. The molecule has 0 fully saturated rings. The lowest BCUT2D eigenvalue weighted by atomic mass is 10.2. The molecule has 2 aromatic heterocycles. The number of carbonyl (C=O) groups excluding carboxylic acids is 1. The molecule has 0 bridgehead atoms. The molecule has 0 spiro atoms. The van der Waals surface area contributed by atoms with Crippen molar-refractivity contribution in [2.75, 3.05) is 12.0 Å². The largest absolute Gasteiger partial charge is 0.351 e. The van der Waals surface area contributed by atoms with Gasteiger partial charge in [0.2, 0.25) is 0 Å². The van der Waals surface area contributed by atoms with E-state index >= 15 is 0 Å².